The van der Waals surface area contributed by atoms with Crippen LogP contribution in [0.1, 0.15) is 16.1 Å². The molecule has 5 heteroatoms. The third-order valence-electron chi connectivity index (χ3n) is 3.85. The summed E-state index contributed by atoms with van der Waals surface area (Å²) >= 11 is 0. The molecule has 5 nitrogen and oxygen atoms in total. The fourth-order valence-electron chi connectivity index (χ4n) is 2.66. The molecule has 1 aromatic heterocycles. The number of aryl methyl sites for hydroxylation is 1. The standard InChI is InChI=1S/C16H21N3O2/c1-11-3-4-12-8-15(18-14(12)7-11)16(20)17-9-13-10-19(2)5-6-21-13/h3-4,7-8,13,18H,5-6,9-10H2,1-2H3,(H,17,20)/t13-/m1/s1. The first-order chi connectivity index (χ1) is 10.1. The predicted octanol–water partition coefficient (Wildman–Crippen LogP) is 1.54. The Kier molecular flexibility index (Phi) is 3.94. The molecule has 0 spiro atoms. The summed E-state index contributed by atoms with van der Waals surface area (Å²) in [5.41, 5.74) is 2.77. The Hall–Kier alpha value is -1.85. The van der Waals surface area contributed by atoms with Gasteiger partial charge in [-0.15, -0.1) is 0 Å². The molecular weight excluding hydrogens is 266 g/mol. The third-order valence-corrected chi connectivity index (χ3v) is 3.85. The summed E-state index contributed by atoms with van der Waals surface area (Å²) in [6, 6.07) is 8.00. The molecule has 1 aliphatic rings. The first-order valence-electron chi connectivity index (χ1n) is 7.29. The van der Waals surface area contributed by atoms with E-state index in [1.54, 1.807) is 0 Å². The van der Waals surface area contributed by atoms with Gasteiger partial charge in [0.1, 0.15) is 5.69 Å². The second-order valence-electron chi connectivity index (χ2n) is 5.74. The number of morpholine rings is 1. The van der Waals surface area contributed by atoms with Gasteiger partial charge in [-0.2, -0.15) is 0 Å². The molecule has 1 atom stereocenters. The van der Waals surface area contributed by atoms with E-state index >= 15 is 0 Å². The van der Waals surface area contributed by atoms with Crippen LogP contribution in [0.3, 0.4) is 0 Å². The Labute approximate surface area is 124 Å². The zero-order valence-electron chi connectivity index (χ0n) is 12.5. The van der Waals surface area contributed by atoms with Crippen molar-refractivity contribution in [2.24, 2.45) is 0 Å². The highest BCUT2D eigenvalue weighted by Gasteiger charge is 2.19. The number of nitrogens with one attached hydrogen (secondary N) is 2. The molecule has 21 heavy (non-hydrogen) atoms. The van der Waals surface area contributed by atoms with E-state index < -0.39 is 0 Å². The SMILES string of the molecule is Cc1ccc2cc(C(=O)NC[C@@H]3CN(C)CCO3)[nH]c2c1. The van der Waals surface area contributed by atoms with Gasteiger partial charge >= 0.3 is 0 Å². The average Bonchev–Trinajstić information content (AvgIpc) is 2.88. The highest BCUT2D eigenvalue weighted by Crippen LogP contribution is 2.16. The number of aromatic amines is 1. The summed E-state index contributed by atoms with van der Waals surface area (Å²) < 4.78 is 5.64. The normalized spacial score (nSPS) is 19.8. The minimum atomic E-state index is -0.0827. The van der Waals surface area contributed by atoms with Gasteiger partial charge in [-0.1, -0.05) is 12.1 Å². The van der Waals surface area contributed by atoms with Gasteiger partial charge in [-0.05, 0) is 31.7 Å². The highest BCUT2D eigenvalue weighted by atomic mass is 16.5. The first-order valence-corrected chi connectivity index (χ1v) is 7.29. The molecule has 2 aromatic rings. The minimum Gasteiger partial charge on any atom is -0.374 e. The summed E-state index contributed by atoms with van der Waals surface area (Å²) in [7, 11) is 2.07. The van der Waals surface area contributed by atoms with Gasteiger partial charge in [0.05, 0.1) is 12.7 Å². The number of aromatic nitrogens is 1. The summed E-state index contributed by atoms with van der Waals surface area (Å²) in [5, 5.41) is 4.00. The molecule has 2 heterocycles. The second kappa shape index (κ2) is 5.87. The lowest BCUT2D eigenvalue weighted by Gasteiger charge is -2.30. The molecule has 2 N–H and O–H groups in total. The number of rotatable bonds is 3. The van der Waals surface area contributed by atoms with Gasteiger partial charge < -0.3 is 19.9 Å². The molecule has 0 bridgehead atoms. The van der Waals surface area contributed by atoms with Crippen LogP contribution < -0.4 is 5.32 Å². The van der Waals surface area contributed by atoms with Crippen molar-refractivity contribution in [1.82, 2.24) is 15.2 Å². The molecule has 1 aromatic carbocycles. The van der Waals surface area contributed by atoms with E-state index in [9.17, 15) is 4.79 Å². The molecular formula is C16H21N3O2. The predicted molar refractivity (Wildman–Crippen MR) is 82.6 cm³/mol. The van der Waals surface area contributed by atoms with Crippen molar-refractivity contribution in [3.8, 4) is 0 Å². The number of carbonyl (C=O) groups is 1. The van der Waals surface area contributed by atoms with E-state index in [2.05, 4.69) is 22.2 Å². The van der Waals surface area contributed by atoms with E-state index in [1.807, 2.05) is 31.2 Å². The lowest BCUT2D eigenvalue weighted by molar-refractivity contribution is -0.0175. The van der Waals surface area contributed by atoms with Crippen molar-refractivity contribution in [1.29, 1.82) is 0 Å². The van der Waals surface area contributed by atoms with Crippen LogP contribution in [0.5, 0.6) is 0 Å². The van der Waals surface area contributed by atoms with Crippen LogP contribution in [-0.2, 0) is 4.74 Å². The van der Waals surface area contributed by atoms with Crippen molar-refractivity contribution in [3.63, 3.8) is 0 Å². The quantitative estimate of drug-likeness (QED) is 0.900. The van der Waals surface area contributed by atoms with E-state index in [4.69, 9.17) is 4.74 Å². The minimum absolute atomic E-state index is 0.0688. The fraction of sp³-hybridized carbons (Fsp3) is 0.438. The average molecular weight is 287 g/mol. The van der Waals surface area contributed by atoms with E-state index in [-0.39, 0.29) is 12.0 Å². The number of nitrogens with zero attached hydrogens (tertiary/aromatic N) is 1. The van der Waals surface area contributed by atoms with Gasteiger partial charge in [0.15, 0.2) is 0 Å². The monoisotopic (exact) mass is 287 g/mol. The van der Waals surface area contributed by atoms with E-state index in [1.165, 1.54) is 5.56 Å². The molecule has 0 saturated carbocycles. The van der Waals surface area contributed by atoms with E-state index in [0.717, 1.165) is 30.6 Å². The molecule has 0 aliphatic carbocycles. The maximum Gasteiger partial charge on any atom is 0.267 e. The Morgan fingerprint density at radius 1 is 1.48 bits per heavy atom. The van der Waals surface area contributed by atoms with Crippen molar-refractivity contribution in [3.05, 3.63) is 35.5 Å². The van der Waals surface area contributed by atoms with Crippen molar-refractivity contribution >= 4 is 16.8 Å². The zero-order valence-corrected chi connectivity index (χ0v) is 12.5. The smallest absolute Gasteiger partial charge is 0.267 e. The van der Waals surface area contributed by atoms with Gasteiger partial charge in [0, 0.05) is 30.5 Å². The van der Waals surface area contributed by atoms with Crippen LogP contribution in [0.4, 0.5) is 0 Å². The van der Waals surface area contributed by atoms with Gasteiger partial charge in [-0.3, -0.25) is 4.79 Å². The Bertz CT molecular complexity index is 650. The van der Waals surface area contributed by atoms with Gasteiger partial charge in [0.2, 0.25) is 0 Å². The fourth-order valence-corrected chi connectivity index (χ4v) is 2.66. The number of amides is 1. The lowest BCUT2D eigenvalue weighted by Crippen LogP contribution is -2.45. The maximum atomic E-state index is 12.2. The van der Waals surface area contributed by atoms with Crippen LogP contribution >= 0.6 is 0 Å². The number of H-pyrrole nitrogens is 1. The number of hydrogen-bond donors (Lipinski definition) is 2. The largest absolute Gasteiger partial charge is 0.374 e. The van der Waals surface area contributed by atoms with Crippen molar-refractivity contribution < 1.29 is 9.53 Å². The van der Waals surface area contributed by atoms with Gasteiger partial charge in [-0.25, -0.2) is 0 Å². The molecule has 3 rings (SSSR count). The van der Waals surface area contributed by atoms with Gasteiger partial charge in [0.25, 0.3) is 5.91 Å². The molecule has 0 radical (unpaired) electrons. The molecule has 1 aliphatic heterocycles. The van der Waals surface area contributed by atoms with E-state index in [0.29, 0.717) is 12.2 Å². The molecule has 0 unspecified atom stereocenters. The second-order valence-corrected chi connectivity index (χ2v) is 5.74. The number of carbonyl (C=O) groups excluding carboxylic acids is 1. The van der Waals surface area contributed by atoms with Crippen molar-refractivity contribution in [2.75, 3.05) is 33.3 Å². The van der Waals surface area contributed by atoms with Crippen molar-refractivity contribution in [2.45, 2.75) is 13.0 Å². The maximum absolute atomic E-state index is 12.2. The summed E-state index contributed by atoms with van der Waals surface area (Å²) in [6.07, 6.45) is 0.0688. The van der Waals surface area contributed by atoms with Crippen LogP contribution in [0.25, 0.3) is 10.9 Å². The molecule has 112 valence electrons. The van der Waals surface area contributed by atoms with Crippen LogP contribution in [-0.4, -0.2) is 55.2 Å². The molecule has 1 saturated heterocycles. The Morgan fingerprint density at radius 3 is 3.14 bits per heavy atom. The summed E-state index contributed by atoms with van der Waals surface area (Å²) in [6.45, 7) is 5.11. The molecule has 1 fully saturated rings. The summed E-state index contributed by atoms with van der Waals surface area (Å²) in [5.74, 6) is -0.0827. The number of ether oxygens (including phenoxy) is 1. The van der Waals surface area contributed by atoms with Crippen LogP contribution in [0, 0.1) is 6.92 Å². The van der Waals surface area contributed by atoms with Crippen LogP contribution in [0.2, 0.25) is 0 Å². The Morgan fingerprint density at radius 2 is 2.33 bits per heavy atom. The summed E-state index contributed by atoms with van der Waals surface area (Å²) in [4.78, 5) is 17.6. The topological polar surface area (TPSA) is 57.4 Å². The lowest BCUT2D eigenvalue weighted by atomic mass is 10.2. The number of hydrogen-bond acceptors (Lipinski definition) is 3. The zero-order chi connectivity index (χ0) is 14.8. The highest BCUT2D eigenvalue weighted by molar-refractivity contribution is 5.98. The molecule has 1 amide bonds. The number of fused-ring (bicyclic) bond motifs is 1. The number of benzene rings is 1. The van der Waals surface area contributed by atoms with Crippen LogP contribution in [0.15, 0.2) is 24.3 Å². The Balaban J connectivity index is 1.63. The first kappa shape index (κ1) is 14.1. The number of likely N-dealkylation sites (N-methyl/N-ethyl adjacent to an activating group) is 1. The third kappa shape index (κ3) is 3.25.